The molecule has 3 fully saturated rings. The highest BCUT2D eigenvalue weighted by atomic mass is 16.8. The third-order valence-electron chi connectivity index (χ3n) is 16.4. The van der Waals surface area contributed by atoms with Gasteiger partial charge in [0.2, 0.25) is 11.8 Å². The number of hydrogen-bond donors (Lipinski definition) is 14. The standard InChI is InChI=1S/C62H112N2O21/c1-4-6-8-10-12-14-16-17-18-19-20-21-22-23-24-25-26-28-30-32-34-36-49(72)64-43(44(69)35-33-31-29-27-15-13-11-9-7-5-2)41-80-59-54(76)53(75)56(48(40-67)82-59)83-60-55(77)58(52(74)47(39-66)81-60)85-62(61(78)79)37-45(70)50(63-42(3)68)57(84-62)51(73)46(71)38-65/h6,8,12,14,43-48,50-60,65-67,69-71,73-77H,4-5,7,9-11,13,15-41H2,1-3H3,(H,63,68)(H,64,72)(H,78,79)/b8-6-,14-12-. The molecule has 3 rings (SSSR count). The van der Waals surface area contributed by atoms with Crippen LogP contribution in [0.15, 0.2) is 24.3 Å². The van der Waals surface area contributed by atoms with Crippen LogP contribution in [0.4, 0.5) is 0 Å². The lowest BCUT2D eigenvalue weighted by molar-refractivity contribution is -0.386. The highest BCUT2D eigenvalue weighted by Crippen LogP contribution is 2.38. The molecule has 3 saturated heterocycles. The summed E-state index contributed by atoms with van der Waals surface area (Å²) < 4.78 is 34.7. The number of ether oxygens (including phenoxy) is 6. The van der Waals surface area contributed by atoms with E-state index in [-0.39, 0.29) is 18.9 Å². The minimum Gasteiger partial charge on any atom is -0.477 e. The Kier molecular flexibility index (Phi) is 39.4. The molecule has 0 bridgehead atoms. The van der Waals surface area contributed by atoms with E-state index in [1.165, 1.54) is 96.3 Å². The van der Waals surface area contributed by atoms with E-state index in [1.54, 1.807) is 0 Å². The van der Waals surface area contributed by atoms with Crippen molar-refractivity contribution in [2.75, 3.05) is 26.4 Å². The summed E-state index contributed by atoms with van der Waals surface area (Å²) in [5.74, 6) is -6.10. The largest absolute Gasteiger partial charge is 0.477 e. The van der Waals surface area contributed by atoms with Crippen LogP contribution < -0.4 is 10.6 Å². The van der Waals surface area contributed by atoms with E-state index in [1.807, 2.05) is 0 Å². The summed E-state index contributed by atoms with van der Waals surface area (Å²) in [6.07, 6.45) is 10.7. The van der Waals surface area contributed by atoms with Crippen LogP contribution in [0.25, 0.3) is 0 Å². The molecule has 3 aliphatic heterocycles. The monoisotopic (exact) mass is 1220 g/mol. The average Bonchev–Trinajstić information content (AvgIpc) is 1.85. The molecule has 0 saturated carbocycles. The number of unbranched alkanes of at least 4 members (excludes halogenated alkanes) is 23. The summed E-state index contributed by atoms with van der Waals surface area (Å²) in [6.45, 7) is 2.05. The predicted molar refractivity (Wildman–Crippen MR) is 315 cm³/mol. The minimum atomic E-state index is -3.08. The van der Waals surface area contributed by atoms with Gasteiger partial charge in [0, 0.05) is 19.8 Å². The van der Waals surface area contributed by atoms with Crippen LogP contribution in [0.3, 0.4) is 0 Å². The van der Waals surface area contributed by atoms with E-state index in [0.717, 1.165) is 71.1 Å². The first kappa shape index (κ1) is 76.5. The lowest BCUT2D eigenvalue weighted by Crippen LogP contribution is -2.70. The number of carboxylic acids is 1. The molecule has 18 unspecified atom stereocenters. The Morgan fingerprint density at radius 1 is 0.624 bits per heavy atom. The molecule has 3 heterocycles. The molecule has 0 spiro atoms. The molecule has 85 heavy (non-hydrogen) atoms. The van der Waals surface area contributed by atoms with Crippen molar-refractivity contribution in [1.29, 1.82) is 0 Å². The molecule has 23 nitrogen and oxygen atoms in total. The van der Waals surface area contributed by atoms with E-state index in [9.17, 15) is 75.7 Å². The molecule has 0 radical (unpaired) electrons. The summed E-state index contributed by atoms with van der Waals surface area (Å²) in [4.78, 5) is 38.4. The number of nitrogens with one attached hydrogen (secondary N) is 2. The molecule has 3 aliphatic rings. The van der Waals surface area contributed by atoms with Crippen molar-refractivity contribution in [3.63, 3.8) is 0 Å². The summed E-state index contributed by atoms with van der Waals surface area (Å²) in [7, 11) is 0. The van der Waals surface area contributed by atoms with E-state index < -0.39 is 148 Å². The second-order valence-electron chi connectivity index (χ2n) is 23.6. The molecular weight excluding hydrogens is 1110 g/mol. The fraction of sp³-hybridized carbons (Fsp3) is 0.887. The topological polar surface area (TPSA) is 373 Å². The number of aliphatic hydroxyl groups excluding tert-OH is 11. The molecule has 496 valence electrons. The molecule has 2 amide bonds. The maximum absolute atomic E-state index is 13.4. The first-order chi connectivity index (χ1) is 40.9. The lowest BCUT2D eigenvalue weighted by Gasteiger charge is -2.50. The third kappa shape index (κ3) is 27.5. The van der Waals surface area contributed by atoms with Crippen molar-refractivity contribution < 1.29 is 104 Å². The Hall–Kier alpha value is -2.79. The molecular formula is C62H112N2O21. The van der Waals surface area contributed by atoms with Gasteiger partial charge in [-0.25, -0.2) is 4.79 Å². The van der Waals surface area contributed by atoms with E-state index in [4.69, 9.17) is 28.4 Å². The Morgan fingerprint density at radius 2 is 1.16 bits per heavy atom. The van der Waals surface area contributed by atoms with Gasteiger partial charge >= 0.3 is 5.97 Å². The third-order valence-corrected chi connectivity index (χ3v) is 16.4. The molecule has 23 heteroatoms. The zero-order chi connectivity index (χ0) is 62.6. The fourth-order valence-corrected chi connectivity index (χ4v) is 11.3. The van der Waals surface area contributed by atoms with Gasteiger partial charge in [-0.05, 0) is 38.5 Å². The van der Waals surface area contributed by atoms with Gasteiger partial charge in [0.15, 0.2) is 12.6 Å². The Bertz CT molecular complexity index is 1830. The molecule has 0 aromatic carbocycles. The van der Waals surface area contributed by atoms with Crippen LogP contribution in [0.2, 0.25) is 0 Å². The van der Waals surface area contributed by atoms with Crippen molar-refractivity contribution in [2.45, 2.75) is 323 Å². The van der Waals surface area contributed by atoms with Crippen molar-refractivity contribution in [1.82, 2.24) is 10.6 Å². The van der Waals surface area contributed by atoms with Crippen molar-refractivity contribution in [2.24, 2.45) is 0 Å². The number of rotatable bonds is 47. The number of carboxylic acid groups (broad SMARTS) is 1. The smallest absolute Gasteiger partial charge is 0.364 e. The van der Waals surface area contributed by atoms with Gasteiger partial charge in [-0.15, -0.1) is 0 Å². The zero-order valence-corrected chi connectivity index (χ0v) is 51.2. The number of aliphatic carboxylic acids is 1. The van der Waals surface area contributed by atoms with E-state index >= 15 is 0 Å². The second kappa shape index (κ2) is 43.8. The lowest BCUT2D eigenvalue weighted by atomic mass is 9.88. The number of allylic oxidation sites excluding steroid dienone is 4. The zero-order valence-electron chi connectivity index (χ0n) is 51.2. The summed E-state index contributed by atoms with van der Waals surface area (Å²) in [6, 6.07) is -2.53. The van der Waals surface area contributed by atoms with Crippen LogP contribution in [-0.2, 0) is 42.8 Å². The van der Waals surface area contributed by atoms with Crippen LogP contribution in [0.5, 0.6) is 0 Å². The molecule has 18 atom stereocenters. The van der Waals surface area contributed by atoms with E-state index in [2.05, 4.69) is 48.8 Å². The number of carbonyl (C=O) groups is 3. The predicted octanol–water partition coefficient (Wildman–Crippen LogP) is 4.11. The highest BCUT2D eigenvalue weighted by Gasteiger charge is 2.60. The van der Waals surface area contributed by atoms with Gasteiger partial charge in [0.25, 0.3) is 5.79 Å². The van der Waals surface area contributed by atoms with Crippen molar-refractivity contribution in [3.05, 3.63) is 24.3 Å². The van der Waals surface area contributed by atoms with Gasteiger partial charge in [-0.1, -0.05) is 179 Å². The van der Waals surface area contributed by atoms with Gasteiger partial charge in [-0.2, -0.15) is 0 Å². The second-order valence-corrected chi connectivity index (χ2v) is 23.6. The minimum absolute atomic E-state index is 0.223. The SMILES string of the molecule is CC/C=C\C/C=C\CCCCCCCCCCCCCCCCC(=O)NC(COC1OC(CO)C(OC2OC(CO)C(O)C(OC3(C(=O)O)CC(O)C(NC(C)=O)C(C(O)C(O)CO)O3)C2O)C(O)C1O)C(O)CCCCCCCCCCCC. The molecule has 0 aromatic heterocycles. The summed E-state index contributed by atoms with van der Waals surface area (Å²) in [5.41, 5.74) is 0. The Labute approximate surface area is 504 Å². The summed E-state index contributed by atoms with van der Waals surface area (Å²) >= 11 is 0. The first-order valence-corrected chi connectivity index (χ1v) is 32.2. The van der Waals surface area contributed by atoms with Gasteiger partial charge in [0.1, 0.15) is 67.1 Å². The number of hydrogen-bond acceptors (Lipinski definition) is 20. The highest BCUT2D eigenvalue weighted by molar-refractivity contribution is 5.77. The summed E-state index contributed by atoms with van der Waals surface area (Å²) in [5, 5.41) is 136. The van der Waals surface area contributed by atoms with Crippen LogP contribution in [0.1, 0.15) is 213 Å². The van der Waals surface area contributed by atoms with Crippen LogP contribution in [0, 0.1) is 0 Å². The molecule has 0 aliphatic carbocycles. The van der Waals surface area contributed by atoms with Gasteiger partial charge in [-0.3, -0.25) is 9.59 Å². The molecule has 14 N–H and O–H groups in total. The quantitative estimate of drug-likeness (QED) is 0.0301. The number of amides is 2. The van der Waals surface area contributed by atoms with E-state index in [0.29, 0.717) is 19.3 Å². The van der Waals surface area contributed by atoms with Crippen molar-refractivity contribution in [3.8, 4) is 0 Å². The fourth-order valence-electron chi connectivity index (χ4n) is 11.3. The average molecular weight is 1220 g/mol. The maximum atomic E-state index is 13.4. The van der Waals surface area contributed by atoms with Gasteiger partial charge < -0.3 is 100 Å². The first-order valence-electron chi connectivity index (χ1n) is 32.2. The van der Waals surface area contributed by atoms with Gasteiger partial charge in [0.05, 0.1) is 50.7 Å². The molecule has 0 aromatic rings. The maximum Gasteiger partial charge on any atom is 0.364 e. The van der Waals surface area contributed by atoms with Crippen LogP contribution in [-0.4, -0.2) is 215 Å². The number of carbonyl (C=O) groups excluding carboxylic acids is 2. The Morgan fingerprint density at radius 3 is 1.71 bits per heavy atom. The van der Waals surface area contributed by atoms with Crippen molar-refractivity contribution >= 4 is 17.8 Å². The number of aliphatic hydroxyl groups is 11. The normalized spacial score (nSPS) is 29.7. The van der Waals surface area contributed by atoms with Crippen LogP contribution >= 0.6 is 0 Å². The Balaban J connectivity index is 1.59.